The summed E-state index contributed by atoms with van der Waals surface area (Å²) in [6.45, 7) is 0. The van der Waals surface area contributed by atoms with Crippen LogP contribution in [0.1, 0.15) is 5.56 Å². The van der Waals surface area contributed by atoms with Crippen LogP contribution in [-0.4, -0.2) is 0 Å². The molecule has 1 radical (unpaired) electrons. The standard InChI is InChI=1S/C8H5.BrH.Zn/c1-2-8-6-4-3-5-7-8;;/h3-7H;1H;/p-1. The Morgan fingerprint density at radius 2 is 1.60 bits per heavy atom. The van der Waals surface area contributed by atoms with Gasteiger partial charge in [0.05, 0.1) is 0 Å². The molecule has 0 atom stereocenters. The maximum absolute atomic E-state index is 6.69. The summed E-state index contributed by atoms with van der Waals surface area (Å²) in [5.74, 6) is 2.28. The molecule has 0 N–H and O–H groups in total. The second-order valence-electron chi connectivity index (χ2n) is 1.49. The van der Waals surface area contributed by atoms with Crippen LogP contribution in [0.4, 0.5) is 0 Å². The van der Waals surface area contributed by atoms with Gasteiger partial charge in [-0.3, -0.25) is 0 Å². The van der Waals surface area contributed by atoms with E-state index in [1.54, 1.807) is 0 Å². The minimum Gasteiger partial charge on any atom is -1.00 e. The summed E-state index contributed by atoms with van der Waals surface area (Å²) in [7, 11) is 0. The second-order valence-corrected chi connectivity index (χ2v) is 1.49. The van der Waals surface area contributed by atoms with E-state index in [2.05, 4.69) is 5.92 Å². The van der Waals surface area contributed by atoms with E-state index in [1.807, 2.05) is 30.3 Å². The van der Waals surface area contributed by atoms with Crippen molar-refractivity contribution in [2.75, 3.05) is 0 Å². The zero-order valence-electron chi connectivity index (χ0n) is 5.47. The van der Waals surface area contributed by atoms with Crippen LogP contribution < -0.4 is 17.0 Å². The molecule has 0 aliphatic rings. The molecule has 10 heavy (non-hydrogen) atoms. The molecule has 0 aliphatic heterocycles. The molecule has 1 aromatic carbocycles. The molecule has 2 heteroatoms. The third-order valence-electron chi connectivity index (χ3n) is 0.918. The van der Waals surface area contributed by atoms with E-state index in [-0.39, 0.29) is 36.5 Å². The summed E-state index contributed by atoms with van der Waals surface area (Å²) >= 11 is 0. The maximum Gasteiger partial charge on any atom is 0.0255 e. The van der Waals surface area contributed by atoms with Gasteiger partial charge in [0.1, 0.15) is 0 Å². The van der Waals surface area contributed by atoms with Gasteiger partial charge in [0, 0.05) is 25.0 Å². The van der Waals surface area contributed by atoms with Crippen molar-refractivity contribution in [2.45, 2.75) is 0 Å². The number of hydrogen-bond acceptors (Lipinski definition) is 0. The summed E-state index contributed by atoms with van der Waals surface area (Å²) in [6.07, 6.45) is 6.69. The van der Waals surface area contributed by atoms with Gasteiger partial charge in [-0.1, -0.05) is 24.1 Å². The van der Waals surface area contributed by atoms with E-state index in [0.717, 1.165) is 5.56 Å². The first-order valence-corrected chi connectivity index (χ1v) is 2.41. The normalized spacial score (nSPS) is 6.30. The van der Waals surface area contributed by atoms with E-state index in [9.17, 15) is 0 Å². The van der Waals surface area contributed by atoms with Crippen molar-refractivity contribution >= 4 is 0 Å². The Kier molecular flexibility index (Phi) is 8.78. The van der Waals surface area contributed by atoms with Crippen LogP contribution in [0.25, 0.3) is 0 Å². The van der Waals surface area contributed by atoms with E-state index in [1.165, 1.54) is 0 Å². The largest absolute Gasteiger partial charge is 1.00 e. The van der Waals surface area contributed by atoms with Gasteiger partial charge in [0.15, 0.2) is 0 Å². The fraction of sp³-hybridized carbons (Fsp3) is 0. The van der Waals surface area contributed by atoms with Crippen molar-refractivity contribution in [1.29, 1.82) is 0 Å². The van der Waals surface area contributed by atoms with Crippen molar-refractivity contribution in [3.05, 3.63) is 42.3 Å². The SMILES string of the molecule is [Br-].[C]#Cc1ccccc1.[Zn]. The first-order valence-electron chi connectivity index (χ1n) is 2.41. The molecule has 1 aromatic rings. The molecule has 0 aliphatic carbocycles. The minimum absolute atomic E-state index is 0. The van der Waals surface area contributed by atoms with Crippen LogP contribution in [0.2, 0.25) is 0 Å². The monoisotopic (exact) mass is 244 g/mol. The van der Waals surface area contributed by atoms with Gasteiger partial charge in [-0.2, -0.15) is 0 Å². The molecule has 1 rings (SSSR count). The molecule has 0 nitrogen and oxygen atoms in total. The predicted molar refractivity (Wildman–Crippen MR) is 32.7 cm³/mol. The Balaban J connectivity index is 0. The van der Waals surface area contributed by atoms with Gasteiger partial charge >= 0.3 is 0 Å². The van der Waals surface area contributed by atoms with Gasteiger partial charge in [-0.25, -0.2) is 0 Å². The molecular formula is C8H5BrZn-. The third-order valence-corrected chi connectivity index (χ3v) is 0.918. The predicted octanol–water partition coefficient (Wildman–Crippen LogP) is -1.37. The van der Waals surface area contributed by atoms with Gasteiger partial charge in [0.25, 0.3) is 0 Å². The second kappa shape index (κ2) is 7.00. The van der Waals surface area contributed by atoms with E-state index < -0.39 is 0 Å². The molecule has 0 unspecified atom stereocenters. The number of hydrogen-bond donors (Lipinski definition) is 0. The summed E-state index contributed by atoms with van der Waals surface area (Å²) in [4.78, 5) is 0. The average molecular weight is 246 g/mol. The molecule has 0 amide bonds. The van der Waals surface area contributed by atoms with Crippen LogP contribution in [0.15, 0.2) is 30.3 Å². The summed E-state index contributed by atoms with van der Waals surface area (Å²) < 4.78 is 0. The van der Waals surface area contributed by atoms with Crippen LogP contribution in [-0.2, 0) is 19.5 Å². The van der Waals surface area contributed by atoms with Crippen LogP contribution in [0, 0.1) is 12.3 Å². The summed E-state index contributed by atoms with van der Waals surface area (Å²) in [5, 5.41) is 0. The molecule has 0 saturated heterocycles. The quantitative estimate of drug-likeness (QED) is 0.391. The molecule has 0 heterocycles. The molecule has 0 fully saturated rings. The Hall–Kier alpha value is -0.117. The fourth-order valence-corrected chi connectivity index (χ4v) is 0.521. The molecule has 47 valence electrons. The summed E-state index contributed by atoms with van der Waals surface area (Å²) in [6, 6.07) is 9.37. The van der Waals surface area contributed by atoms with Crippen molar-refractivity contribution in [1.82, 2.24) is 0 Å². The van der Waals surface area contributed by atoms with Gasteiger partial charge in [-0.15, -0.1) is 0 Å². The van der Waals surface area contributed by atoms with Gasteiger partial charge < -0.3 is 17.0 Å². The minimum atomic E-state index is 0. The van der Waals surface area contributed by atoms with Gasteiger partial charge in [0.2, 0.25) is 0 Å². The topological polar surface area (TPSA) is 0 Å². The zero-order chi connectivity index (χ0) is 5.82. The smallest absolute Gasteiger partial charge is 0.0255 e. The molecule has 0 aromatic heterocycles. The third kappa shape index (κ3) is 3.82. The van der Waals surface area contributed by atoms with Crippen molar-refractivity contribution in [3.8, 4) is 5.92 Å². The maximum atomic E-state index is 6.69. The average Bonchev–Trinajstić information content (AvgIpc) is 1.90. The number of rotatable bonds is 0. The Morgan fingerprint density at radius 1 is 1.10 bits per heavy atom. The molecule has 0 spiro atoms. The first kappa shape index (κ1) is 12.5. The molecule has 0 saturated carbocycles. The first-order chi connectivity index (χ1) is 3.93. The van der Waals surface area contributed by atoms with Crippen molar-refractivity contribution < 1.29 is 36.5 Å². The number of benzene rings is 1. The Labute approximate surface area is 84.6 Å². The molecular weight excluding hydrogens is 241 g/mol. The van der Waals surface area contributed by atoms with Crippen molar-refractivity contribution in [3.63, 3.8) is 0 Å². The Morgan fingerprint density at radius 3 is 1.90 bits per heavy atom. The summed E-state index contributed by atoms with van der Waals surface area (Å²) in [5.41, 5.74) is 0.826. The molecule has 0 bridgehead atoms. The fourth-order valence-electron chi connectivity index (χ4n) is 0.521. The van der Waals surface area contributed by atoms with Crippen LogP contribution in [0.5, 0.6) is 0 Å². The zero-order valence-corrected chi connectivity index (χ0v) is 10.0. The Bertz CT molecular complexity index is 200. The van der Waals surface area contributed by atoms with E-state index in [0.29, 0.717) is 0 Å². The van der Waals surface area contributed by atoms with E-state index in [4.69, 9.17) is 6.42 Å². The number of halogens is 1. The van der Waals surface area contributed by atoms with Crippen molar-refractivity contribution in [2.24, 2.45) is 0 Å². The van der Waals surface area contributed by atoms with Crippen LogP contribution >= 0.6 is 0 Å². The van der Waals surface area contributed by atoms with E-state index >= 15 is 0 Å². The van der Waals surface area contributed by atoms with Crippen LogP contribution in [0.3, 0.4) is 0 Å². The van der Waals surface area contributed by atoms with Gasteiger partial charge in [-0.05, 0) is 18.6 Å².